The second-order valence-electron chi connectivity index (χ2n) is 6.63. The third kappa shape index (κ3) is 4.33. The molecule has 8 heteroatoms. The lowest BCUT2D eigenvalue weighted by atomic mass is 10.1. The van der Waals surface area contributed by atoms with Crippen molar-refractivity contribution < 1.29 is 14.1 Å². The Labute approximate surface area is 161 Å². The highest BCUT2D eigenvalue weighted by molar-refractivity contribution is 7.15. The zero-order chi connectivity index (χ0) is 19.6. The molecular weight excluding hydrogens is 364 g/mol. The van der Waals surface area contributed by atoms with Crippen LogP contribution in [0.2, 0.25) is 0 Å². The third-order valence-electron chi connectivity index (χ3n) is 4.20. The number of nitrogens with one attached hydrogen (secondary N) is 1. The molecule has 27 heavy (non-hydrogen) atoms. The van der Waals surface area contributed by atoms with Crippen LogP contribution in [-0.4, -0.2) is 21.3 Å². The molecule has 0 bridgehead atoms. The van der Waals surface area contributed by atoms with Crippen molar-refractivity contribution in [3.05, 3.63) is 51.9 Å². The maximum absolute atomic E-state index is 12.3. The molecule has 0 fully saturated rings. The Hall–Kier alpha value is -2.74. The first-order valence-electron chi connectivity index (χ1n) is 8.69. The summed E-state index contributed by atoms with van der Waals surface area (Å²) in [6.45, 7) is 9.90. The number of anilines is 1. The van der Waals surface area contributed by atoms with Crippen molar-refractivity contribution in [1.82, 2.24) is 15.4 Å². The van der Waals surface area contributed by atoms with E-state index in [1.54, 1.807) is 6.07 Å². The van der Waals surface area contributed by atoms with Gasteiger partial charge in [0.2, 0.25) is 5.13 Å². The number of nitrogens with zero attached hydrogens (tertiary/aromatic N) is 3. The van der Waals surface area contributed by atoms with Gasteiger partial charge < -0.3 is 9.26 Å². The lowest BCUT2D eigenvalue weighted by molar-refractivity contribution is 0.101. The zero-order valence-electron chi connectivity index (χ0n) is 15.9. The van der Waals surface area contributed by atoms with Crippen molar-refractivity contribution in [3.8, 4) is 5.75 Å². The van der Waals surface area contributed by atoms with E-state index in [1.165, 1.54) is 16.9 Å². The molecule has 0 saturated heterocycles. The van der Waals surface area contributed by atoms with Crippen molar-refractivity contribution in [2.24, 2.45) is 0 Å². The van der Waals surface area contributed by atoms with Crippen LogP contribution in [0.4, 0.5) is 5.13 Å². The van der Waals surface area contributed by atoms with E-state index in [4.69, 9.17) is 9.26 Å². The molecule has 3 rings (SSSR count). The van der Waals surface area contributed by atoms with Crippen LogP contribution in [0.5, 0.6) is 5.75 Å². The van der Waals surface area contributed by atoms with E-state index >= 15 is 0 Å². The molecule has 1 atom stereocenters. The van der Waals surface area contributed by atoms with Crippen LogP contribution < -0.4 is 10.1 Å². The van der Waals surface area contributed by atoms with Gasteiger partial charge in [0.05, 0.1) is 0 Å². The van der Waals surface area contributed by atoms with Gasteiger partial charge in [-0.1, -0.05) is 42.5 Å². The lowest BCUT2D eigenvalue weighted by Crippen LogP contribution is -2.11. The third-order valence-corrected chi connectivity index (χ3v) is 5.20. The van der Waals surface area contributed by atoms with Gasteiger partial charge in [-0.25, -0.2) is 0 Å². The number of aryl methyl sites for hydroxylation is 1. The van der Waals surface area contributed by atoms with Gasteiger partial charge in [-0.05, 0) is 38.0 Å². The molecule has 1 unspecified atom stereocenters. The van der Waals surface area contributed by atoms with Crippen LogP contribution in [0.3, 0.4) is 0 Å². The number of aromatic nitrogens is 3. The molecule has 2 heterocycles. The molecule has 0 aliphatic heterocycles. The molecule has 1 N–H and O–H groups in total. The summed E-state index contributed by atoms with van der Waals surface area (Å²) >= 11 is 1.27. The van der Waals surface area contributed by atoms with Gasteiger partial charge in [0.15, 0.2) is 10.7 Å². The number of hydrogen-bond acceptors (Lipinski definition) is 7. The Bertz CT molecular complexity index is 948. The highest BCUT2D eigenvalue weighted by Gasteiger charge is 2.19. The number of amides is 1. The number of rotatable bonds is 6. The van der Waals surface area contributed by atoms with Gasteiger partial charge in [-0.2, -0.15) is 0 Å². The quantitative estimate of drug-likeness (QED) is 0.663. The molecule has 7 nitrogen and oxygen atoms in total. The van der Waals surface area contributed by atoms with Crippen LogP contribution in [0, 0.1) is 13.8 Å². The van der Waals surface area contributed by atoms with E-state index in [0.717, 1.165) is 11.3 Å². The van der Waals surface area contributed by atoms with Gasteiger partial charge in [-0.3, -0.25) is 10.1 Å². The molecule has 0 saturated carbocycles. The molecule has 0 aliphatic rings. The van der Waals surface area contributed by atoms with Crippen molar-refractivity contribution >= 4 is 22.4 Å². The summed E-state index contributed by atoms with van der Waals surface area (Å²) in [7, 11) is 0. The van der Waals surface area contributed by atoms with E-state index in [2.05, 4.69) is 20.7 Å². The second-order valence-corrected chi connectivity index (χ2v) is 7.64. The van der Waals surface area contributed by atoms with E-state index in [0.29, 0.717) is 15.9 Å². The zero-order valence-corrected chi connectivity index (χ0v) is 16.8. The van der Waals surface area contributed by atoms with Crippen LogP contribution in [0.1, 0.15) is 65.2 Å². The first-order chi connectivity index (χ1) is 12.8. The smallest absolute Gasteiger partial charge is 0.279 e. The fraction of sp³-hybridized carbons (Fsp3) is 0.368. The number of hydrogen-bond donors (Lipinski definition) is 1. The van der Waals surface area contributed by atoms with Crippen molar-refractivity contribution in [2.45, 2.75) is 46.6 Å². The maximum atomic E-state index is 12.3. The van der Waals surface area contributed by atoms with Crippen molar-refractivity contribution in [2.75, 3.05) is 5.32 Å². The van der Waals surface area contributed by atoms with Crippen LogP contribution in [0.25, 0.3) is 0 Å². The SMILES string of the molecule is Cc1cccc(OC(C)c2nnc(NC(=O)c3cc(C(C)C)on3)s2)c1C. The van der Waals surface area contributed by atoms with Gasteiger partial charge in [-0.15, -0.1) is 10.2 Å². The summed E-state index contributed by atoms with van der Waals surface area (Å²) in [6, 6.07) is 7.56. The highest BCUT2D eigenvalue weighted by Crippen LogP contribution is 2.29. The molecule has 1 aromatic carbocycles. The molecule has 0 spiro atoms. The van der Waals surface area contributed by atoms with Crippen LogP contribution >= 0.6 is 11.3 Å². The molecule has 1 amide bonds. The fourth-order valence-corrected chi connectivity index (χ4v) is 3.09. The minimum atomic E-state index is -0.378. The Morgan fingerprint density at radius 2 is 2.00 bits per heavy atom. The lowest BCUT2D eigenvalue weighted by Gasteiger charge is -2.14. The van der Waals surface area contributed by atoms with Gasteiger partial charge >= 0.3 is 0 Å². The Kier molecular flexibility index (Phi) is 5.55. The first kappa shape index (κ1) is 19.0. The minimum Gasteiger partial charge on any atom is -0.483 e. The molecule has 2 aromatic heterocycles. The van der Waals surface area contributed by atoms with Crippen molar-refractivity contribution in [3.63, 3.8) is 0 Å². The van der Waals surface area contributed by atoms with Crippen molar-refractivity contribution in [1.29, 1.82) is 0 Å². The summed E-state index contributed by atoms with van der Waals surface area (Å²) in [5, 5.41) is 15.7. The predicted molar refractivity (Wildman–Crippen MR) is 103 cm³/mol. The molecular formula is C19H22N4O3S. The summed E-state index contributed by atoms with van der Waals surface area (Å²) < 4.78 is 11.2. The Morgan fingerprint density at radius 1 is 1.22 bits per heavy atom. The topological polar surface area (TPSA) is 90.1 Å². The van der Waals surface area contributed by atoms with E-state index in [-0.39, 0.29) is 23.6 Å². The maximum Gasteiger partial charge on any atom is 0.279 e. The first-order valence-corrected chi connectivity index (χ1v) is 9.51. The van der Waals surface area contributed by atoms with Crippen LogP contribution in [-0.2, 0) is 0 Å². The summed E-state index contributed by atoms with van der Waals surface area (Å²) in [6.07, 6.45) is -0.284. The van der Waals surface area contributed by atoms with Gasteiger partial charge in [0.25, 0.3) is 5.91 Å². The summed E-state index contributed by atoms with van der Waals surface area (Å²) in [5.41, 5.74) is 2.47. The molecule has 3 aromatic rings. The Balaban J connectivity index is 1.66. The molecule has 0 aliphatic carbocycles. The van der Waals surface area contributed by atoms with E-state index < -0.39 is 0 Å². The minimum absolute atomic E-state index is 0.162. The largest absolute Gasteiger partial charge is 0.483 e. The van der Waals surface area contributed by atoms with Crippen LogP contribution in [0.15, 0.2) is 28.8 Å². The standard InChI is InChI=1S/C19H22N4O3S/c1-10(2)16-9-14(23-26-16)17(24)20-19-22-21-18(27-19)13(5)25-15-8-6-7-11(3)12(15)4/h6-10,13H,1-5H3,(H,20,22,24). The summed E-state index contributed by atoms with van der Waals surface area (Å²) in [5.74, 6) is 1.26. The fourth-order valence-electron chi connectivity index (χ4n) is 2.37. The highest BCUT2D eigenvalue weighted by atomic mass is 32.1. The molecule has 142 valence electrons. The monoisotopic (exact) mass is 386 g/mol. The Morgan fingerprint density at radius 3 is 2.70 bits per heavy atom. The number of ether oxygens (including phenoxy) is 1. The van der Waals surface area contributed by atoms with Gasteiger partial charge in [0.1, 0.15) is 17.6 Å². The number of benzene rings is 1. The molecule has 0 radical (unpaired) electrons. The second kappa shape index (κ2) is 7.87. The normalized spacial score (nSPS) is 12.2. The average molecular weight is 386 g/mol. The predicted octanol–water partition coefficient (Wildman–Crippen LogP) is 4.66. The van der Waals surface area contributed by atoms with E-state index in [1.807, 2.05) is 52.8 Å². The summed E-state index contributed by atoms with van der Waals surface area (Å²) in [4.78, 5) is 12.3. The average Bonchev–Trinajstić information content (AvgIpc) is 3.28. The van der Waals surface area contributed by atoms with E-state index in [9.17, 15) is 4.79 Å². The number of carbonyl (C=O) groups is 1. The number of carbonyl (C=O) groups excluding carboxylic acids is 1. The van der Waals surface area contributed by atoms with Gasteiger partial charge in [0, 0.05) is 12.0 Å².